The van der Waals surface area contributed by atoms with Gasteiger partial charge in [0.2, 0.25) is 5.91 Å². The molecule has 2 aromatic rings. The standard InChI is InChI=1S/C20H25N3O3/c1-14-6-4-5-7-18(14)26-13-10-19(24)23-11-8-16-17(9-12-23)21-15(2)22(3)20(16)25/h4-7H,8-13H2,1-3H3. The van der Waals surface area contributed by atoms with Crippen molar-refractivity contribution in [1.29, 1.82) is 0 Å². The zero-order valence-electron chi connectivity index (χ0n) is 15.6. The van der Waals surface area contributed by atoms with Crippen molar-refractivity contribution in [1.82, 2.24) is 14.5 Å². The van der Waals surface area contributed by atoms with Crippen LogP contribution in [0.2, 0.25) is 0 Å². The highest BCUT2D eigenvalue weighted by molar-refractivity contribution is 5.76. The predicted octanol–water partition coefficient (Wildman–Crippen LogP) is 1.79. The van der Waals surface area contributed by atoms with E-state index in [9.17, 15) is 9.59 Å². The zero-order valence-corrected chi connectivity index (χ0v) is 15.6. The third-order valence-corrected chi connectivity index (χ3v) is 4.96. The molecule has 2 heterocycles. The fourth-order valence-electron chi connectivity index (χ4n) is 3.24. The van der Waals surface area contributed by atoms with Crippen LogP contribution >= 0.6 is 0 Å². The molecule has 0 radical (unpaired) electrons. The van der Waals surface area contributed by atoms with E-state index in [1.807, 2.05) is 43.0 Å². The third kappa shape index (κ3) is 3.79. The van der Waals surface area contributed by atoms with E-state index < -0.39 is 0 Å². The molecule has 6 heteroatoms. The summed E-state index contributed by atoms with van der Waals surface area (Å²) in [4.78, 5) is 31.3. The van der Waals surface area contributed by atoms with Crippen molar-refractivity contribution in [2.24, 2.45) is 7.05 Å². The highest BCUT2D eigenvalue weighted by Gasteiger charge is 2.22. The Morgan fingerprint density at radius 1 is 1.19 bits per heavy atom. The quantitative estimate of drug-likeness (QED) is 0.839. The summed E-state index contributed by atoms with van der Waals surface area (Å²) in [5.41, 5.74) is 2.63. The molecule has 1 aromatic heterocycles. The summed E-state index contributed by atoms with van der Waals surface area (Å²) in [6, 6.07) is 7.78. The van der Waals surface area contributed by atoms with Gasteiger partial charge in [0.25, 0.3) is 5.56 Å². The molecule has 0 atom stereocenters. The number of hydrogen-bond acceptors (Lipinski definition) is 4. The van der Waals surface area contributed by atoms with Crippen LogP contribution in [0.25, 0.3) is 0 Å². The number of benzene rings is 1. The van der Waals surface area contributed by atoms with E-state index in [1.165, 1.54) is 0 Å². The molecule has 0 fully saturated rings. The van der Waals surface area contributed by atoms with Crippen LogP contribution in [0, 0.1) is 13.8 Å². The Morgan fingerprint density at radius 2 is 1.92 bits per heavy atom. The summed E-state index contributed by atoms with van der Waals surface area (Å²) in [7, 11) is 1.74. The molecule has 0 saturated carbocycles. The molecular weight excluding hydrogens is 330 g/mol. The number of para-hydroxylation sites is 1. The number of aromatic nitrogens is 2. The molecule has 1 amide bonds. The van der Waals surface area contributed by atoms with Gasteiger partial charge in [-0.3, -0.25) is 14.2 Å². The number of aryl methyl sites for hydroxylation is 2. The first-order valence-corrected chi connectivity index (χ1v) is 8.99. The average molecular weight is 355 g/mol. The van der Waals surface area contributed by atoms with Gasteiger partial charge in [0.05, 0.1) is 18.7 Å². The lowest BCUT2D eigenvalue weighted by Gasteiger charge is -2.20. The van der Waals surface area contributed by atoms with E-state index in [1.54, 1.807) is 11.6 Å². The Hall–Kier alpha value is -2.63. The average Bonchev–Trinajstić information content (AvgIpc) is 2.84. The van der Waals surface area contributed by atoms with Gasteiger partial charge in [0.1, 0.15) is 11.6 Å². The summed E-state index contributed by atoms with van der Waals surface area (Å²) in [5, 5.41) is 0. The van der Waals surface area contributed by atoms with Crippen molar-refractivity contribution in [2.75, 3.05) is 19.7 Å². The van der Waals surface area contributed by atoms with E-state index in [2.05, 4.69) is 4.98 Å². The minimum Gasteiger partial charge on any atom is -0.493 e. The topological polar surface area (TPSA) is 64.4 Å². The fourth-order valence-corrected chi connectivity index (χ4v) is 3.24. The van der Waals surface area contributed by atoms with Crippen LogP contribution in [-0.2, 0) is 24.7 Å². The lowest BCUT2D eigenvalue weighted by atomic mass is 10.1. The predicted molar refractivity (Wildman–Crippen MR) is 99.5 cm³/mol. The smallest absolute Gasteiger partial charge is 0.256 e. The second-order valence-electron chi connectivity index (χ2n) is 6.69. The fraction of sp³-hybridized carbons (Fsp3) is 0.450. The first kappa shape index (κ1) is 18.2. The van der Waals surface area contributed by atoms with Gasteiger partial charge in [-0.2, -0.15) is 0 Å². The van der Waals surface area contributed by atoms with E-state index in [4.69, 9.17) is 4.74 Å². The SMILES string of the molecule is Cc1ccccc1OCCC(=O)N1CCc2nc(C)n(C)c(=O)c2CC1. The summed E-state index contributed by atoms with van der Waals surface area (Å²) in [6.07, 6.45) is 1.51. The molecule has 138 valence electrons. The minimum absolute atomic E-state index is 0.00434. The van der Waals surface area contributed by atoms with Crippen molar-refractivity contribution < 1.29 is 9.53 Å². The van der Waals surface area contributed by atoms with Crippen molar-refractivity contribution in [3.63, 3.8) is 0 Å². The molecule has 6 nitrogen and oxygen atoms in total. The largest absolute Gasteiger partial charge is 0.493 e. The van der Waals surface area contributed by atoms with Crippen molar-refractivity contribution >= 4 is 5.91 Å². The van der Waals surface area contributed by atoms with Gasteiger partial charge in [-0.15, -0.1) is 0 Å². The maximum absolute atomic E-state index is 12.5. The van der Waals surface area contributed by atoms with E-state index in [0.717, 1.165) is 22.6 Å². The van der Waals surface area contributed by atoms with Gasteiger partial charge in [0.15, 0.2) is 0 Å². The molecule has 0 aliphatic carbocycles. The Labute approximate surface area is 153 Å². The number of nitrogens with zero attached hydrogens (tertiary/aromatic N) is 3. The second-order valence-corrected chi connectivity index (χ2v) is 6.69. The van der Waals surface area contributed by atoms with E-state index >= 15 is 0 Å². The molecule has 3 rings (SSSR count). The number of hydrogen-bond donors (Lipinski definition) is 0. The number of rotatable bonds is 4. The summed E-state index contributed by atoms with van der Waals surface area (Å²) in [5.74, 6) is 1.58. The van der Waals surface area contributed by atoms with Crippen LogP contribution in [0.3, 0.4) is 0 Å². The maximum atomic E-state index is 12.5. The minimum atomic E-state index is 0.00434. The van der Waals surface area contributed by atoms with Crippen LogP contribution in [-0.4, -0.2) is 40.1 Å². The zero-order chi connectivity index (χ0) is 18.7. The van der Waals surface area contributed by atoms with Gasteiger partial charge in [-0.1, -0.05) is 18.2 Å². The first-order chi connectivity index (χ1) is 12.5. The van der Waals surface area contributed by atoms with Gasteiger partial charge < -0.3 is 9.64 Å². The summed E-state index contributed by atoms with van der Waals surface area (Å²) in [6.45, 7) is 5.31. The molecule has 0 saturated heterocycles. The molecule has 0 bridgehead atoms. The van der Waals surface area contributed by atoms with Gasteiger partial charge in [-0.05, 0) is 31.9 Å². The van der Waals surface area contributed by atoms with E-state index in [-0.39, 0.29) is 11.5 Å². The normalized spacial score (nSPS) is 13.9. The first-order valence-electron chi connectivity index (χ1n) is 8.99. The van der Waals surface area contributed by atoms with Crippen LogP contribution in [0.1, 0.15) is 29.1 Å². The molecule has 1 aromatic carbocycles. The van der Waals surface area contributed by atoms with Crippen LogP contribution in [0.15, 0.2) is 29.1 Å². The number of ether oxygens (including phenoxy) is 1. The van der Waals surface area contributed by atoms with Crippen LogP contribution in [0.4, 0.5) is 0 Å². The Bertz CT molecular complexity index is 873. The number of carbonyl (C=O) groups excluding carboxylic acids is 1. The van der Waals surface area contributed by atoms with Crippen LogP contribution < -0.4 is 10.3 Å². The Kier molecular flexibility index (Phi) is 5.40. The third-order valence-electron chi connectivity index (χ3n) is 4.96. The second kappa shape index (κ2) is 7.72. The molecule has 1 aliphatic heterocycles. The summed E-state index contributed by atoms with van der Waals surface area (Å²) < 4.78 is 7.30. The van der Waals surface area contributed by atoms with Gasteiger partial charge in [0, 0.05) is 32.1 Å². The Balaban J connectivity index is 1.59. The monoisotopic (exact) mass is 355 g/mol. The van der Waals surface area contributed by atoms with Crippen molar-refractivity contribution in [3.05, 3.63) is 57.3 Å². The molecule has 1 aliphatic rings. The maximum Gasteiger partial charge on any atom is 0.256 e. The molecule has 26 heavy (non-hydrogen) atoms. The highest BCUT2D eigenvalue weighted by Crippen LogP contribution is 2.17. The molecule has 0 spiro atoms. The number of fused-ring (bicyclic) bond motifs is 1. The highest BCUT2D eigenvalue weighted by atomic mass is 16.5. The number of carbonyl (C=O) groups is 1. The number of amides is 1. The lowest BCUT2D eigenvalue weighted by molar-refractivity contribution is -0.131. The van der Waals surface area contributed by atoms with Crippen LogP contribution in [0.5, 0.6) is 5.75 Å². The van der Waals surface area contributed by atoms with Gasteiger partial charge in [-0.25, -0.2) is 4.98 Å². The lowest BCUT2D eigenvalue weighted by Crippen LogP contribution is -2.34. The van der Waals surface area contributed by atoms with Crippen molar-refractivity contribution in [2.45, 2.75) is 33.1 Å². The van der Waals surface area contributed by atoms with E-state index in [0.29, 0.717) is 44.8 Å². The molecule has 0 N–H and O–H groups in total. The molecule has 0 unspecified atom stereocenters. The Morgan fingerprint density at radius 3 is 2.69 bits per heavy atom. The molecular formula is C20H25N3O3. The summed E-state index contributed by atoms with van der Waals surface area (Å²) >= 11 is 0. The van der Waals surface area contributed by atoms with Crippen molar-refractivity contribution in [3.8, 4) is 5.75 Å². The van der Waals surface area contributed by atoms with Gasteiger partial charge >= 0.3 is 0 Å².